The third-order valence-corrected chi connectivity index (χ3v) is 6.70. The Balaban J connectivity index is 1.53. The molecule has 156 valence electrons. The number of hydrogen-bond donors (Lipinski definition) is 1. The monoisotopic (exact) mass is 416 g/mol. The van der Waals surface area contributed by atoms with Crippen LogP contribution < -0.4 is 0 Å². The van der Waals surface area contributed by atoms with E-state index in [1.54, 1.807) is 21.9 Å². The maximum Gasteiger partial charge on any atom is 0.269 e. The van der Waals surface area contributed by atoms with Crippen LogP contribution in [0.4, 0.5) is 5.69 Å². The van der Waals surface area contributed by atoms with E-state index in [1.807, 2.05) is 24.3 Å². The van der Waals surface area contributed by atoms with Gasteiger partial charge in [0.05, 0.1) is 11.0 Å². The van der Waals surface area contributed by atoms with Gasteiger partial charge in [-0.1, -0.05) is 18.2 Å². The summed E-state index contributed by atoms with van der Waals surface area (Å²) in [7, 11) is 0. The number of aromatic amines is 1. The molecule has 1 aromatic heterocycles. The molecule has 1 aliphatic carbocycles. The van der Waals surface area contributed by atoms with Crippen molar-refractivity contribution in [2.45, 2.75) is 37.4 Å². The number of nitrogens with one attached hydrogen (secondary N) is 1. The molecule has 3 aliphatic rings. The molecule has 2 aliphatic heterocycles. The van der Waals surface area contributed by atoms with Gasteiger partial charge in [0.2, 0.25) is 11.8 Å². The van der Waals surface area contributed by atoms with Crippen molar-refractivity contribution < 1.29 is 14.5 Å². The van der Waals surface area contributed by atoms with Gasteiger partial charge in [-0.05, 0) is 42.2 Å². The molecule has 0 bridgehead atoms. The number of nitrogens with zero attached hydrogens (tertiary/aromatic N) is 3. The van der Waals surface area contributed by atoms with E-state index in [-0.39, 0.29) is 30.1 Å². The van der Waals surface area contributed by atoms with E-state index in [1.165, 1.54) is 12.1 Å². The van der Waals surface area contributed by atoms with Gasteiger partial charge in [-0.2, -0.15) is 0 Å². The molecule has 1 saturated carbocycles. The predicted octanol–water partition coefficient (Wildman–Crippen LogP) is 2.92. The molecule has 1 saturated heterocycles. The van der Waals surface area contributed by atoms with Crippen molar-refractivity contribution in [1.29, 1.82) is 0 Å². The van der Waals surface area contributed by atoms with Crippen molar-refractivity contribution in [2.24, 2.45) is 0 Å². The normalized spacial score (nSPS) is 23.1. The van der Waals surface area contributed by atoms with Crippen LogP contribution in [0.3, 0.4) is 0 Å². The Kier molecular flexibility index (Phi) is 3.74. The molecule has 6 rings (SSSR count). The van der Waals surface area contributed by atoms with Crippen LogP contribution in [0.2, 0.25) is 0 Å². The van der Waals surface area contributed by atoms with E-state index < -0.39 is 17.0 Å². The molecule has 2 atom stereocenters. The van der Waals surface area contributed by atoms with Crippen LogP contribution in [0.25, 0.3) is 10.9 Å². The molecule has 1 N–H and O–H groups in total. The van der Waals surface area contributed by atoms with Gasteiger partial charge < -0.3 is 14.8 Å². The lowest BCUT2D eigenvalue weighted by Crippen LogP contribution is -2.63. The van der Waals surface area contributed by atoms with Crippen molar-refractivity contribution in [3.63, 3.8) is 0 Å². The fourth-order valence-corrected chi connectivity index (χ4v) is 5.11. The number of benzene rings is 2. The highest BCUT2D eigenvalue weighted by molar-refractivity contribution is 5.98. The summed E-state index contributed by atoms with van der Waals surface area (Å²) in [5.41, 5.74) is 3.63. The number of para-hydroxylation sites is 1. The minimum atomic E-state index is -0.561. The zero-order chi connectivity index (χ0) is 21.3. The fraction of sp³-hybridized carbons (Fsp3) is 0.304. The van der Waals surface area contributed by atoms with E-state index in [0.29, 0.717) is 6.42 Å². The Bertz CT molecular complexity index is 1240. The van der Waals surface area contributed by atoms with E-state index >= 15 is 0 Å². The Labute approximate surface area is 177 Å². The molecule has 31 heavy (non-hydrogen) atoms. The first-order valence-corrected chi connectivity index (χ1v) is 10.5. The SMILES string of the molecule is O=C1[C@@H]2Cc3c([nH]c4ccccc34)[C@H](c3ccc([N+](=O)[O-])cc3)N2C(=O)CN1C1CC1. The van der Waals surface area contributed by atoms with Gasteiger partial charge in [0.15, 0.2) is 0 Å². The number of non-ortho nitro benzene ring substituents is 1. The van der Waals surface area contributed by atoms with Crippen LogP contribution in [0.15, 0.2) is 48.5 Å². The standard InChI is InChI=1S/C23H20N4O4/c28-20-12-25(14-9-10-14)23(29)19-11-17-16-3-1-2-4-18(16)24-21(17)22(26(19)20)13-5-7-15(8-6-13)27(30)31/h1-8,14,19,22,24H,9-12H2/t19-,22-/m0/s1. The molecule has 0 spiro atoms. The van der Waals surface area contributed by atoms with Crippen molar-refractivity contribution >= 4 is 28.4 Å². The number of rotatable bonds is 3. The van der Waals surface area contributed by atoms with E-state index in [0.717, 1.165) is 40.6 Å². The molecule has 3 heterocycles. The summed E-state index contributed by atoms with van der Waals surface area (Å²) in [6.07, 6.45) is 2.38. The molecule has 3 aromatic rings. The number of nitro groups is 1. The Hall–Kier alpha value is -3.68. The fourth-order valence-electron chi connectivity index (χ4n) is 5.11. The first kappa shape index (κ1) is 18.1. The molecule has 0 unspecified atom stereocenters. The molecule has 8 heteroatoms. The number of fused-ring (bicyclic) bond motifs is 4. The molecule has 2 amide bonds. The molecule has 8 nitrogen and oxygen atoms in total. The van der Waals surface area contributed by atoms with Gasteiger partial charge in [0, 0.05) is 41.2 Å². The van der Waals surface area contributed by atoms with Crippen LogP contribution in [0, 0.1) is 10.1 Å². The lowest BCUT2D eigenvalue weighted by atomic mass is 9.86. The van der Waals surface area contributed by atoms with Crippen LogP contribution in [0.1, 0.15) is 35.7 Å². The Morgan fingerprint density at radius 2 is 1.77 bits per heavy atom. The van der Waals surface area contributed by atoms with Crippen LogP contribution >= 0.6 is 0 Å². The number of hydrogen-bond acceptors (Lipinski definition) is 4. The van der Waals surface area contributed by atoms with Gasteiger partial charge in [0.25, 0.3) is 5.69 Å². The first-order chi connectivity index (χ1) is 15.0. The first-order valence-electron chi connectivity index (χ1n) is 10.5. The second-order valence-electron chi connectivity index (χ2n) is 8.53. The van der Waals surface area contributed by atoms with Crippen LogP contribution in [-0.4, -0.2) is 50.1 Å². The Morgan fingerprint density at radius 3 is 2.48 bits per heavy atom. The Morgan fingerprint density at radius 1 is 1.03 bits per heavy atom. The second-order valence-corrected chi connectivity index (χ2v) is 8.53. The van der Waals surface area contributed by atoms with Gasteiger partial charge in [0.1, 0.15) is 12.6 Å². The maximum absolute atomic E-state index is 13.4. The van der Waals surface area contributed by atoms with Crippen molar-refractivity contribution in [3.8, 4) is 0 Å². The average Bonchev–Trinajstić information content (AvgIpc) is 3.55. The number of amides is 2. The number of aromatic nitrogens is 1. The van der Waals surface area contributed by atoms with Crippen molar-refractivity contribution in [2.75, 3.05) is 6.54 Å². The zero-order valence-electron chi connectivity index (χ0n) is 16.7. The zero-order valence-corrected chi connectivity index (χ0v) is 16.7. The van der Waals surface area contributed by atoms with Crippen molar-refractivity contribution in [1.82, 2.24) is 14.8 Å². The quantitative estimate of drug-likeness (QED) is 0.524. The number of piperazine rings is 1. The predicted molar refractivity (Wildman–Crippen MR) is 112 cm³/mol. The van der Waals surface area contributed by atoms with Gasteiger partial charge in [-0.15, -0.1) is 0 Å². The summed E-state index contributed by atoms with van der Waals surface area (Å²) >= 11 is 0. The lowest BCUT2D eigenvalue weighted by molar-refractivity contribution is -0.384. The summed E-state index contributed by atoms with van der Waals surface area (Å²) in [6.45, 7) is 0.0963. The largest absolute Gasteiger partial charge is 0.356 e. The molecule has 2 fully saturated rings. The van der Waals surface area contributed by atoms with Crippen LogP contribution in [-0.2, 0) is 16.0 Å². The van der Waals surface area contributed by atoms with Gasteiger partial charge >= 0.3 is 0 Å². The second kappa shape index (κ2) is 6.41. The molecule has 2 aromatic carbocycles. The average molecular weight is 416 g/mol. The summed E-state index contributed by atoms with van der Waals surface area (Å²) < 4.78 is 0. The number of nitro benzene ring substituents is 1. The lowest BCUT2D eigenvalue weighted by Gasteiger charge is -2.47. The summed E-state index contributed by atoms with van der Waals surface area (Å²) in [5.74, 6) is -0.0749. The molecular weight excluding hydrogens is 396 g/mol. The third-order valence-electron chi connectivity index (χ3n) is 6.70. The summed E-state index contributed by atoms with van der Waals surface area (Å²) in [4.78, 5) is 44.3. The summed E-state index contributed by atoms with van der Waals surface area (Å²) in [6, 6.07) is 13.3. The minimum absolute atomic E-state index is 0.00458. The minimum Gasteiger partial charge on any atom is -0.356 e. The number of carbonyl (C=O) groups excluding carboxylic acids is 2. The van der Waals surface area contributed by atoms with Gasteiger partial charge in [-0.25, -0.2) is 0 Å². The molecule has 0 radical (unpaired) electrons. The third kappa shape index (κ3) is 2.67. The van der Waals surface area contributed by atoms with E-state index in [4.69, 9.17) is 0 Å². The van der Waals surface area contributed by atoms with E-state index in [2.05, 4.69) is 4.98 Å². The maximum atomic E-state index is 13.4. The highest BCUT2D eigenvalue weighted by Gasteiger charge is 2.50. The molecular formula is C23H20N4O4. The number of carbonyl (C=O) groups is 2. The van der Waals surface area contributed by atoms with Crippen molar-refractivity contribution in [3.05, 3.63) is 75.5 Å². The van der Waals surface area contributed by atoms with E-state index in [9.17, 15) is 19.7 Å². The topological polar surface area (TPSA) is 99.5 Å². The smallest absolute Gasteiger partial charge is 0.269 e. The highest BCUT2D eigenvalue weighted by atomic mass is 16.6. The van der Waals surface area contributed by atoms with Crippen LogP contribution in [0.5, 0.6) is 0 Å². The van der Waals surface area contributed by atoms with Gasteiger partial charge in [-0.3, -0.25) is 19.7 Å². The number of H-pyrrole nitrogens is 1. The summed E-state index contributed by atoms with van der Waals surface area (Å²) in [5, 5.41) is 12.2. The highest BCUT2D eigenvalue weighted by Crippen LogP contribution is 2.44.